The van der Waals surface area contributed by atoms with Crippen molar-refractivity contribution in [2.75, 3.05) is 47.8 Å². The van der Waals surface area contributed by atoms with Gasteiger partial charge in [0.1, 0.15) is 5.75 Å². The second kappa shape index (κ2) is 13.0. The Kier molecular flexibility index (Phi) is 12.1. The molecule has 17 heavy (non-hydrogen) atoms. The van der Waals surface area contributed by atoms with Crippen molar-refractivity contribution in [2.24, 2.45) is 0 Å². The van der Waals surface area contributed by atoms with Gasteiger partial charge in [0, 0.05) is 14.2 Å². The lowest BCUT2D eigenvalue weighted by Crippen LogP contribution is -2.06. The average Bonchev–Trinajstić information content (AvgIpc) is 2.40. The highest BCUT2D eigenvalue weighted by Crippen LogP contribution is 2.05. The van der Waals surface area contributed by atoms with E-state index in [0.717, 1.165) is 5.75 Å². The molecule has 0 atom stereocenters. The topological polar surface area (TPSA) is 36.9 Å². The summed E-state index contributed by atoms with van der Waals surface area (Å²) >= 11 is 0. The fourth-order valence-corrected chi connectivity index (χ4v) is 0.943. The Morgan fingerprint density at radius 2 is 1.29 bits per heavy atom. The van der Waals surface area contributed by atoms with Gasteiger partial charge in [0.15, 0.2) is 0 Å². The van der Waals surface area contributed by atoms with E-state index >= 15 is 0 Å². The van der Waals surface area contributed by atoms with Crippen LogP contribution in [0.4, 0.5) is 0 Å². The van der Waals surface area contributed by atoms with E-state index in [4.69, 9.17) is 18.9 Å². The van der Waals surface area contributed by atoms with Crippen LogP contribution in [0.2, 0.25) is 0 Å². The van der Waals surface area contributed by atoms with Gasteiger partial charge < -0.3 is 18.9 Å². The van der Waals surface area contributed by atoms with Crippen LogP contribution in [0.5, 0.6) is 5.75 Å². The maximum atomic E-state index is 5.06. The summed E-state index contributed by atoms with van der Waals surface area (Å²) in [6, 6.07) is 9.68. The van der Waals surface area contributed by atoms with Crippen LogP contribution in [0.3, 0.4) is 0 Å². The Hall–Kier alpha value is -1.10. The molecule has 98 valence electrons. The van der Waals surface area contributed by atoms with Crippen LogP contribution in [0.15, 0.2) is 30.3 Å². The molecule has 4 nitrogen and oxygen atoms in total. The molecule has 0 heterocycles. The normalized spacial score (nSPS) is 9.35. The van der Waals surface area contributed by atoms with E-state index in [1.54, 1.807) is 21.3 Å². The lowest BCUT2D eigenvalue weighted by Gasteiger charge is -2.00. The number of benzene rings is 1. The molecule has 0 saturated carbocycles. The maximum absolute atomic E-state index is 5.06. The van der Waals surface area contributed by atoms with E-state index < -0.39 is 0 Å². The molecule has 0 aromatic heterocycles. The molecule has 0 aliphatic heterocycles. The third-order valence-electron chi connectivity index (χ3n) is 1.84. The van der Waals surface area contributed by atoms with Gasteiger partial charge in [-0.1, -0.05) is 18.2 Å². The molecule has 4 heteroatoms. The SMILES string of the molecule is COCCOCCOC.COc1ccccc1. The van der Waals surface area contributed by atoms with E-state index in [2.05, 4.69) is 0 Å². The Bertz CT molecular complexity index is 232. The lowest BCUT2D eigenvalue weighted by atomic mass is 10.3. The van der Waals surface area contributed by atoms with Gasteiger partial charge in [0.05, 0.1) is 33.5 Å². The fourth-order valence-electron chi connectivity index (χ4n) is 0.943. The van der Waals surface area contributed by atoms with E-state index in [-0.39, 0.29) is 0 Å². The van der Waals surface area contributed by atoms with Crippen molar-refractivity contribution in [1.82, 2.24) is 0 Å². The van der Waals surface area contributed by atoms with E-state index in [0.29, 0.717) is 26.4 Å². The molecule has 0 saturated heterocycles. The van der Waals surface area contributed by atoms with E-state index in [9.17, 15) is 0 Å². The second-order valence-electron chi connectivity index (χ2n) is 3.12. The van der Waals surface area contributed by atoms with Crippen LogP contribution in [0.25, 0.3) is 0 Å². The molecule has 0 radical (unpaired) electrons. The summed E-state index contributed by atoms with van der Waals surface area (Å²) in [7, 11) is 4.97. The minimum Gasteiger partial charge on any atom is -0.497 e. The Morgan fingerprint density at radius 1 is 0.765 bits per heavy atom. The summed E-state index contributed by atoms with van der Waals surface area (Å²) in [5.74, 6) is 0.910. The Morgan fingerprint density at radius 3 is 1.65 bits per heavy atom. The number of methoxy groups -OCH3 is 3. The molecule has 0 fully saturated rings. The molecule has 0 N–H and O–H groups in total. The van der Waals surface area contributed by atoms with Gasteiger partial charge in [-0.15, -0.1) is 0 Å². The van der Waals surface area contributed by atoms with Crippen molar-refractivity contribution in [2.45, 2.75) is 0 Å². The van der Waals surface area contributed by atoms with Gasteiger partial charge >= 0.3 is 0 Å². The maximum Gasteiger partial charge on any atom is 0.118 e. The van der Waals surface area contributed by atoms with Gasteiger partial charge in [0.25, 0.3) is 0 Å². The van der Waals surface area contributed by atoms with Crippen molar-refractivity contribution in [3.63, 3.8) is 0 Å². The Labute approximate surface area is 103 Å². The largest absolute Gasteiger partial charge is 0.497 e. The number of hydrogen-bond acceptors (Lipinski definition) is 4. The van der Waals surface area contributed by atoms with Crippen LogP contribution in [-0.2, 0) is 14.2 Å². The molecule has 1 rings (SSSR count). The summed E-state index contributed by atoms with van der Waals surface area (Å²) in [6.45, 7) is 2.62. The molecule has 0 aliphatic rings. The van der Waals surface area contributed by atoms with E-state index in [1.807, 2.05) is 30.3 Å². The van der Waals surface area contributed by atoms with Crippen LogP contribution < -0.4 is 4.74 Å². The predicted octanol–water partition coefficient (Wildman–Crippen LogP) is 1.99. The lowest BCUT2D eigenvalue weighted by molar-refractivity contribution is 0.0385. The molecule has 1 aromatic carbocycles. The zero-order valence-electron chi connectivity index (χ0n) is 10.8. The quantitative estimate of drug-likeness (QED) is 0.685. The number of para-hydroxylation sites is 1. The molecule has 0 aliphatic carbocycles. The van der Waals surface area contributed by atoms with Crippen LogP contribution >= 0.6 is 0 Å². The highest BCUT2D eigenvalue weighted by Gasteiger charge is 1.84. The minimum atomic E-state index is 0.653. The molecule has 1 aromatic rings. The summed E-state index contributed by atoms with van der Waals surface area (Å²) in [5.41, 5.74) is 0. The van der Waals surface area contributed by atoms with Crippen LogP contribution in [0, 0.1) is 0 Å². The van der Waals surface area contributed by atoms with Crippen LogP contribution in [-0.4, -0.2) is 47.8 Å². The van der Waals surface area contributed by atoms with Crippen molar-refractivity contribution < 1.29 is 18.9 Å². The molecule has 0 spiro atoms. The second-order valence-corrected chi connectivity index (χ2v) is 3.12. The number of ether oxygens (including phenoxy) is 4. The molecule has 0 amide bonds. The molecular formula is C13H22O4. The molecule has 0 bridgehead atoms. The first-order valence-electron chi connectivity index (χ1n) is 5.49. The zero-order chi connectivity index (χ0) is 12.8. The van der Waals surface area contributed by atoms with Crippen molar-refractivity contribution in [3.05, 3.63) is 30.3 Å². The molecular weight excluding hydrogens is 220 g/mol. The van der Waals surface area contributed by atoms with Crippen molar-refractivity contribution in [3.8, 4) is 5.75 Å². The third-order valence-corrected chi connectivity index (χ3v) is 1.84. The first-order chi connectivity index (χ1) is 8.35. The smallest absolute Gasteiger partial charge is 0.118 e. The highest BCUT2D eigenvalue weighted by atomic mass is 16.5. The number of rotatable bonds is 7. The standard InChI is InChI=1S/C7H8O.C6H14O3/c1-8-7-5-3-2-4-6-7;1-7-3-5-9-6-4-8-2/h2-6H,1H3;3-6H2,1-2H3. The number of hydrogen-bond donors (Lipinski definition) is 0. The van der Waals surface area contributed by atoms with Gasteiger partial charge in [-0.3, -0.25) is 0 Å². The van der Waals surface area contributed by atoms with E-state index in [1.165, 1.54) is 0 Å². The predicted molar refractivity (Wildman–Crippen MR) is 67.6 cm³/mol. The summed E-state index contributed by atoms with van der Waals surface area (Å²) in [4.78, 5) is 0. The average molecular weight is 242 g/mol. The first-order valence-corrected chi connectivity index (χ1v) is 5.49. The fraction of sp³-hybridized carbons (Fsp3) is 0.538. The van der Waals surface area contributed by atoms with Gasteiger partial charge in [-0.05, 0) is 12.1 Å². The summed E-state index contributed by atoms with van der Waals surface area (Å²) < 4.78 is 19.5. The molecule has 0 unspecified atom stereocenters. The van der Waals surface area contributed by atoms with Crippen molar-refractivity contribution in [1.29, 1.82) is 0 Å². The summed E-state index contributed by atoms with van der Waals surface area (Å²) in [6.07, 6.45) is 0. The minimum absolute atomic E-state index is 0.653. The van der Waals surface area contributed by atoms with Crippen molar-refractivity contribution >= 4 is 0 Å². The van der Waals surface area contributed by atoms with Crippen LogP contribution in [0.1, 0.15) is 0 Å². The summed E-state index contributed by atoms with van der Waals surface area (Å²) in [5, 5.41) is 0. The van der Waals surface area contributed by atoms with Gasteiger partial charge in [-0.2, -0.15) is 0 Å². The Balaban J connectivity index is 0.000000302. The first kappa shape index (κ1) is 15.9. The zero-order valence-corrected chi connectivity index (χ0v) is 10.8. The monoisotopic (exact) mass is 242 g/mol. The van der Waals surface area contributed by atoms with Gasteiger partial charge in [-0.25, -0.2) is 0 Å². The highest BCUT2D eigenvalue weighted by molar-refractivity contribution is 5.20. The van der Waals surface area contributed by atoms with Gasteiger partial charge in [0.2, 0.25) is 0 Å². The third kappa shape index (κ3) is 11.2.